The van der Waals surface area contributed by atoms with Gasteiger partial charge >= 0.3 is 12.4 Å². The minimum atomic E-state index is -4.83. The number of carbonyl (C=O) groups is 2. The summed E-state index contributed by atoms with van der Waals surface area (Å²) in [6.07, 6.45) is -9.66. The van der Waals surface area contributed by atoms with E-state index in [9.17, 15) is 51.3 Å². The molecule has 2 aromatic carbocycles. The Morgan fingerprint density at radius 1 is 0.837 bits per heavy atom. The van der Waals surface area contributed by atoms with Crippen LogP contribution >= 0.6 is 46.6 Å². The van der Waals surface area contributed by atoms with Crippen molar-refractivity contribution >= 4 is 58.1 Å². The monoisotopic (exact) mass is 686 g/mol. The Bertz CT molecular complexity index is 1750. The van der Waals surface area contributed by atoms with Crippen LogP contribution in [0.3, 0.4) is 0 Å². The third-order valence-electron chi connectivity index (χ3n) is 5.94. The first kappa shape index (κ1) is 32.6. The third kappa shape index (κ3) is 6.34. The number of alkyl halides is 6. The van der Waals surface area contributed by atoms with E-state index in [1.165, 1.54) is 0 Å². The van der Waals surface area contributed by atoms with Crippen molar-refractivity contribution in [1.82, 2.24) is 9.55 Å². The molecule has 0 amide bonds. The lowest BCUT2D eigenvalue weighted by Crippen LogP contribution is -2.14. The van der Waals surface area contributed by atoms with Crippen molar-refractivity contribution in [3.63, 3.8) is 0 Å². The fraction of sp³-hybridized carbons (Fsp3) is 0.154. The second-order valence-corrected chi connectivity index (χ2v) is 10.9. The van der Waals surface area contributed by atoms with Crippen molar-refractivity contribution in [3.05, 3.63) is 91.3 Å². The van der Waals surface area contributed by atoms with E-state index in [0.717, 1.165) is 28.5 Å². The summed E-state index contributed by atoms with van der Waals surface area (Å²) in [7, 11) is 0. The van der Waals surface area contributed by atoms with E-state index in [0.29, 0.717) is 30.3 Å². The number of benzene rings is 2. The summed E-state index contributed by atoms with van der Waals surface area (Å²) in [6.45, 7) is -0.387. The van der Waals surface area contributed by atoms with Crippen molar-refractivity contribution < 1.29 is 51.3 Å². The van der Waals surface area contributed by atoms with Gasteiger partial charge in [0.2, 0.25) is 11.6 Å². The molecular formula is C26H15Cl3F6N2O5S. The quantitative estimate of drug-likeness (QED) is 0.0856. The molecular weight excluding hydrogens is 673 g/mol. The second kappa shape index (κ2) is 12.0. The van der Waals surface area contributed by atoms with Gasteiger partial charge in [0.05, 0.1) is 50.3 Å². The predicted molar refractivity (Wildman–Crippen MR) is 146 cm³/mol. The number of aliphatic hydroxyl groups is 1. The van der Waals surface area contributed by atoms with Crippen LogP contribution in [-0.4, -0.2) is 48.8 Å². The van der Waals surface area contributed by atoms with E-state index in [2.05, 4.69) is 4.98 Å². The molecule has 0 saturated carbocycles. The van der Waals surface area contributed by atoms with Crippen molar-refractivity contribution in [3.8, 4) is 17.2 Å². The first-order valence-electron chi connectivity index (χ1n) is 11.6. The number of aromatic amines is 1. The van der Waals surface area contributed by atoms with Crippen molar-refractivity contribution in [2.75, 3.05) is 12.4 Å². The van der Waals surface area contributed by atoms with Crippen molar-refractivity contribution in [1.29, 1.82) is 0 Å². The van der Waals surface area contributed by atoms with Crippen LogP contribution < -0.4 is 0 Å². The van der Waals surface area contributed by atoms with Crippen LogP contribution in [0.1, 0.15) is 43.2 Å². The summed E-state index contributed by atoms with van der Waals surface area (Å²) in [5.74, 6) is -4.28. The molecule has 0 aliphatic carbocycles. The van der Waals surface area contributed by atoms with Gasteiger partial charge < -0.3 is 20.3 Å². The summed E-state index contributed by atoms with van der Waals surface area (Å²) in [6, 6.07) is 4.29. The average molecular weight is 688 g/mol. The second-order valence-electron chi connectivity index (χ2n) is 8.68. The van der Waals surface area contributed by atoms with Gasteiger partial charge in [-0.15, -0.1) is 11.8 Å². The fourth-order valence-electron chi connectivity index (χ4n) is 4.01. The molecule has 17 heteroatoms. The number of ketones is 2. The standard InChI is InChI=1S/C26H15Cl3F6N2O5S/c27-14-9-15(21(41)12-3-1-10(7-16(12)39)25(30,31)32)37(24(14)43-6-5-38)20-18(28)23(29)36-19(20)22(42)13-4-2-11(8-17(13)40)26(33,34)35/h1-4,7-9,36,38-40H,5-6H2. The summed E-state index contributed by atoms with van der Waals surface area (Å²) >= 11 is 19.8. The van der Waals surface area contributed by atoms with Gasteiger partial charge in [0.15, 0.2) is 0 Å². The number of hydrogen-bond acceptors (Lipinski definition) is 6. The number of aromatic hydroxyl groups is 2. The molecule has 0 unspecified atom stereocenters. The topological polar surface area (TPSA) is 116 Å². The molecule has 0 aliphatic rings. The summed E-state index contributed by atoms with van der Waals surface area (Å²) in [5.41, 5.74) is -4.99. The zero-order valence-corrected chi connectivity index (χ0v) is 24.0. The Hall–Kier alpha value is -3.30. The number of phenols is 2. The number of carbonyl (C=O) groups excluding carboxylic acids is 2. The molecule has 4 rings (SSSR count). The average Bonchev–Trinajstić information content (AvgIpc) is 3.39. The molecule has 0 aliphatic heterocycles. The van der Waals surface area contributed by atoms with Crippen LogP contribution in [0.25, 0.3) is 5.69 Å². The minimum absolute atomic E-state index is 0.00581. The molecule has 0 spiro atoms. The van der Waals surface area contributed by atoms with Crippen LogP contribution in [0, 0.1) is 0 Å². The van der Waals surface area contributed by atoms with Crippen LogP contribution in [0.4, 0.5) is 26.3 Å². The number of thioether (sulfide) groups is 1. The normalized spacial score (nSPS) is 12.1. The van der Waals surface area contributed by atoms with Crippen LogP contribution in [0.5, 0.6) is 11.5 Å². The summed E-state index contributed by atoms with van der Waals surface area (Å²) < 4.78 is 79.7. The minimum Gasteiger partial charge on any atom is -0.507 e. The maximum absolute atomic E-state index is 13.6. The van der Waals surface area contributed by atoms with Crippen molar-refractivity contribution in [2.24, 2.45) is 0 Å². The highest BCUT2D eigenvalue weighted by molar-refractivity contribution is 7.99. The molecule has 0 saturated heterocycles. The highest BCUT2D eigenvalue weighted by Crippen LogP contribution is 2.43. The number of aromatic nitrogens is 2. The molecule has 2 heterocycles. The molecule has 7 nitrogen and oxygen atoms in total. The largest absolute Gasteiger partial charge is 0.507 e. The van der Waals surface area contributed by atoms with Gasteiger partial charge in [-0.05, 0) is 42.5 Å². The predicted octanol–water partition coefficient (Wildman–Crippen LogP) is 7.76. The maximum Gasteiger partial charge on any atom is 0.416 e. The number of H-pyrrole nitrogens is 1. The molecule has 43 heavy (non-hydrogen) atoms. The zero-order valence-electron chi connectivity index (χ0n) is 20.9. The van der Waals surface area contributed by atoms with Gasteiger partial charge in [-0.25, -0.2) is 0 Å². The summed E-state index contributed by atoms with van der Waals surface area (Å²) in [5, 5.41) is 29.1. The highest BCUT2D eigenvalue weighted by atomic mass is 35.5. The number of hydrogen-bond donors (Lipinski definition) is 4. The smallest absolute Gasteiger partial charge is 0.416 e. The maximum atomic E-state index is 13.6. The van der Waals surface area contributed by atoms with E-state index in [-0.39, 0.29) is 38.3 Å². The molecule has 0 radical (unpaired) electrons. The van der Waals surface area contributed by atoms with Gasteiger partial charge in [-0.1, -0.05) is 34.8 Å². The lowest BCUT2D eigenvalue weighted by atomic mass is 10.0. The Balaban J connectivity index is 1.94. The highest BCUT2D eigenvalue weighted by Gasteiger charge is 2.35. The Labute approximate surface area is 256 Å². The first-order valence-corrected chi connectivity index (χ1v) is 13.7. The van der Waals surface area contributed by atoms with Crippen LogP contribution in [-0.2, 0) is 12.4 Å². The SMILES string of the molecule is O=C(c1ccc(C(F)(F)F)cc1O)c1[nH]c(Cl)c(Cl)c1-n1c(C(=O)c2ccc(C(F)(F)F)cc2O)cc(Cl)c1SCCO. The van der Waals surface area contributed by atoms with Crippen LogP contribution in [0.15, 0.2) is 47.5 Å². The third-order valence-corrected chi connectivity index (χ3v) is 8.15. The van der Waals surface area contributed by atoms with E-state index in [1.54, 1.807) is 0 Å². The lowest BCUT2D eigenvalue weighted by Gasteiger charge is -2.15. The number of nitrogens with one attached hydrogen (secondary N) is 1. The number of halogens is 9. The Kier molecular flexibility index (Phi) is 9.10. The number of phenolic OH excluding ortho intramolecular Hbond substituents is 2. The van der Waals surface area contributed by atoms with E-state index in [4.69, 9.17) is 34.8 Å². The van der Waals surface area contributed by atoms with Gasteiger partial charge in [-0.2, -0.15) is 26.3 Å². The molecule has 0 atom stereocenters. The Morgan fingerprint density at radius 2 is 1.35 bits per heavy atom. The van der Waals surface area contributed by atoms with Crippen molar-refractivity contribution in [2.45, 2.75) is 17.4 Å². The lowest BCUT2D eigenvalue weighted by molar-refractivity contribution is -0.138. The zero-order chi connectivity index (χ0) is 32.0. The van der Waals surface area contributed by atoms with E-state index in [1.807, 2.05) is 0 Å². The van der Waals surface area contributed by atoms with E-state index >= 15 is 0 Å². The Morgan fingerprint density at radius 3 is 1.81 bits per heavy atom. The molecule has 0 bridgehead atoms. The fourth-order valence-corrected chi connectivity index (χ4v) is 5.57. The van der Waals surface area contributed by atoms with Gasteiger partial charge in [-0.3, -0.25) is 14.2 Å². The van der Waals surface area contributed by atoms with Gasteiger partial charge in [0.25, 0.3) is 0 Å². The molecule has 228 valence electrons. The number of rotatable bonds is 8. The molecule has 4 aromatic rings. The van der Waals surface area contributed by atoms with E-state index < -0.39 is 69.1 Å². The number of aliphatic hydroxyl groups excluding tert-OH is 1. The summed E-state index contributed by atoms with van der Waals surface area (Å²) in [4.78, 5) is 29.6. The molecule has 0 fully saturated rings. The first-order chi connectivity index (χ1) is 20.0. The van der Waals surface area contributed by atoms with Gasteiger partial charge in [0.1, 0.15) is 27.4 Å². The van der Waals surface area contributed by atoms with Gasteiger partial charge in [0, 0.05) is 5.75 Å². The van der Waals surface area contributed by atoms with Crippen LogP contribution in [0.2, 0.25) is 15.2 Å². The molecule has 4 N–H and O–H groups in total. The number of nitrogens with zero attached hydrogens (tertiary/aromatic N) is 1. The molecule has 2 aromatic heterocycles.